The predicted molar refractivity (Wildman–Crippen MR) is 75.1 cm³/mol. The van der Waals surface area contributed by atoms with Crippen LogP contribution in [0.5, 0.6) is 0 Å². The van der Waals surface area contributed by atoms with Crippen molar-refractivity contribution in [2.45, 2.75) is 45.6 Å². The Hall–Kier alpha value is -1.51. The minimum absolute atomic E-state index is 0.00428. The van der Waals surface area contributed by atoms with Gasteiger partial charge < -0.3 is 10.6 Å². The summed E-state index contributed by atoms with van der Waals surface area (Å²) < 4.78 is 0. The molecule has 3 nitrogen and oxygen atoms in total. The van der Waals surface area contributed by atoms with Crippen LogP contribution in [0.3, 0.4) is 0 Å². The van der Waals surface area contributed by atoms with E-state index in [4.69, 9.17) is 0 Å². The van der Waals surface area contributed by atoms with Gasteiger partial charge in [-0.05, 0) is 52.2 Å². The lowest BCUT2D eigenvalue weighted by atomic mass is 9.78. The summed E-state index contributed by atoms with van der Waals surface area (Å²) >= 11 is 0. The number of carbonyl (C=O) groups excluding carboxylic acids is 1. The summed E-state index contributed by atoms with van der Waals surface area (Å²) in [5.41, 5.74) is 2.79. The lowest BCUT2D eigenvalue weighted by Gasteiger charge is -2.39. The van der Waals surface area contributed by atoms with Crippen LogP contribution in [0.25, 0.3) is 0 Å². The Morgan fingerprint density at radius 3 is 2.67 bits per heavy atom. The molecule has 1 aromatic rings. The second-order valence-corrected chi connectivity index (χ2v) is 5.45. The maximum absolute atomic E-state index is 12.3. The molecule has 0 unspecified atom stereocenters. The molecule has 1 amide bonds. The molecule has 0 saturated heterocycles. The highest BCUT2D eigenvalue weighted by Gasteiger charge is 2.33. The Bertz CT molecular complexity index is 450. The number of aryl methyl sites for hydroxylation is 1. The summed E-state index contributed by atoms with van der Waals surface area (Å²) in [5, 5.41) is 6.40. The number of nitrogens with one attached hydrogen (secondary N) is 2. The second-order valence-electron chi connectivity index (χ2n) is 5.45. The number of amides is 1. The minimum atomic E-state index is 0.00428. The molecule has 98 valence electrons. The largest absolute Gasteiger partial charge is 0.385 e. The van der Waals surface area contributed by atoms with Crippen LogP contribution in [0, 0.1) is 6.92 Å². The van der Waals surface area contributed by atoms with E-state index < -0.39 is 0 Å². The molecule has 1 aliphatic carbocycles. The normalized spacial score (nSPS) is 16.8. The summed E-state index contributed by atoms with van der Waals surface area (Å²) in [6.07, 6.45) is 3.38. The monoisotopic (exact) mass is 246 g/mol. The average molecular weight is 246 g/mol. The molecule has 2 rings (SSSR count). The van der Waals surface area contributed by atoms with Crippen molar-refractivity contribution in [2.24, 2.45) is 0 Å². The molecule has 0 atom stereocenters. The lowest BCUT2D eigenvalue weighted by molar-refractivity contribution is 0.0851. The first kappa shape index (κ1) is 12.9. The van der Waals surface area contributed by atoms with Gasteiger partial charge in [0.15, 0.2) is 0 Å². The van der Waals surface area contributed by atoms with Crippen LogP contribution in [0.15, 0.2) is 18.2 Å². The van der Waals surface area contributed by atoms with Gasteiger partial charge >= 0.3 is 0 Å². The van der Waals surface area contributed by atoms with E-state index in [1.165, 1.54) is 6.42 Å². The van der Waals surface area contributed by atoms with Gasteiger partial charge in [0, 0.05) is 17.8 Å². The Morgan fingerprint density at radius 2 is 2.11 bits per heavy atom. The zero-order chi connectivity index (χ0) is 13.2. The molecule has 3 heteroatoms. The Balaban J connectivity index is 2.19. The van der Waals surface area contributed by atoms with Crippen molar-refractivity contribution in [2.75, 3.05) is 11.9 Å². The van der Waals surface area contributed by atoms with Crippen LogP contribution in [-0.2, 0) is 0 Å². The third kappa shape index (κ3) is 2.66. The van der Waals surface area contributed by atoms with Crippen LogP contribution in [-0.4, -0.2) is 18.0 Å². The fraction of sp³-hybridized carbons (Fsp3) is 0.533. The first-order valence-electron chi connectivity index (χ1n) is 6.71. The second kappa shape index (κ2) is 5.01. The fourth-order valence-corrected chi connectivity index (χ4v) is 2.36. The quantitative estimate of drug-likeness (QED) is 0.857. The molecule has 1 aromatic carbocycles. The third-order valence-corrected chi connectivity index (χ3v) is 3.66. The molecule has 0 spiro atoms. The van der Waals surface area contributed by atoms with Crippen molar-refractivity contribution in [1.29, 1.82) is 0 Å². The van der Waals surface area contributed by atoms with Crippen molar-refractivity contribution in [3.63, 3.8) is 0 Å². The third-order valence-electron chi connectivity index (χ3n) is 3.66. The van der Waals surface area contributed by atoms with Crippen molar-refractivity contribution in [3.05, 3.63) is 29.3 Å². The molecule has 0 aliphatic heterocycles. The number of benzene rings is 1. The van der Waals surface area contributed by atoms with E-state index in [2.05, 4.69) is 17.6 Å². The number of rotatable bonds is 4. The molecular weight excluding hydrogens is 224 g/mol. The van der Waals surface area contributed by atoms with Gasteiger partial charge in [0.1, 0.15) is 0 Å². The Kier molecular flexibility index (Phi) is 3.60. The van der Waals surface area contributed by atoms with Gasteiger partial charge in [0.25, 0.3) is 5.91 Å². The van der Waals surface area contributed by atoms with Crippen molar-refractivity contribution in [3.8, 4) is 0 Å². The fourth-order valence-electron chi connectivity index (χ4n) is 2.36. The van der Waals surface area contributed by atoms with Gasteiger partial charge in [-0.1, -0.05) is 11.6 Å². The molecule has 0 heterocycles. The van der Waals surface area contributed by atoms with Gasteiger partial charge in [-0.15, -0.1) is 0 Å². The predicted octanol–water partition coefficient (Wildman–Crippen LogP) is 3.10. The smallest absolute Gasteiger partial charge is 0.253 e. The summed E-state index contributed by atoms with van der Waals surface area (Å²) in [5.74, 6) is 0.0388. The van der Waals surface area contributed by atoms with Crippen molar-refractivity contribution < 1.29 is 4.79 Å². The van der Waals surface area contributed by atoms with Crippen LogP contribution in [0.2, 0.25) is 0 Å². The molecule has 1 fully saturated rings. The lowest BCUT2D eigenvalue weighted by Crippen LogP contribution is -2.51. The summed E-state index contributed by atoms with van der Waals surface area (Å²) in [7, 11) is 0. The molecule has 0 radical (unpaired) electrons. The van der Waals surface area contributed by atoms with Gasteiger partial charge in [-0.25, -0.2) is 0 Å². The summed E-state index contributed by atoms with van der Waals surface area (Å²) in [6, 6.07) is 5.96. The van der Waals surface area contributed by atoms with Gasteiger partial charge in [-0.3, -0.25) is 4.79 Å². The maximum atomic E-state index is 12.3. The maximum Gasteiger partial charge on any atom is 0.253 e. The van der Waals surface area contributed by atoms with E-state index in [9.17, 15) is 4.79 Å². The summed E-state index contributed by atoms with van der Waals surface area (Å²) in [6.45, 7) is 6.99. The number of anilines is 1. The zero-order valence-corrected chi connectivity index (χ0v) is 11.5. The molecule has 1 aliphatic rings. The molecule has 0 aromatic heterocycles. The molecule has 18 heavy (non-hydrogen) atoms. The van der Waals surface area contributed by atoms with E-state index in [1.54, 1.807) is 0 Å². The highest BCUT2D eigenvalue weighted by molar-refractivity contribution is 6.00. The highest BCUT2D eigenvalue weighted by Crippen LogP contribution is 2.31. The average Bonchev–Trinajstić information content (AvgIpc) is 2.29. The molecule has 0 bridgehead atoms. The Labute approximate surface area is 109 Å². The van der Waals surface area contributed by atoms with Crippen LogP contribution in [0.1, 0.15) is 49.0 Å². The van der Waals surface area contributed by atoms with E-state index in [1.807, 2.05) is 32.0 Å². The van der Waals surface area contributed by atoms with Crippen molar-refractivity contribution in [1.82, 2.24) is 5.32 Å². The topological polar surface area (TPSA) is 41.1 Å². The molecular formula is C15H22N2O. The van der Waals surface area contributed by atoms with E-state index in [0.717, 1.165) is 36.2 Å². The minimum Gasteiger partial charge on any atom is -0.385 e. The first-order chi connectivity index (χ1) is 8.54. The van der Waals surface area contributed by atoms with Crippen LogP contribution >= 0.6 is 0 Å². The summed E-state index contributed by atoms with van der Waals surface area (Å²) in [4.78, 5) is 12.3. The van der Waals surface area contributed by atoms with Crippen LogP contribution < -0.4 is 10.6 Å². The molecule has 1 saturated carbocycles. The molecule has 2 N–H and O–H groups in total. The number of carbonyl (C=O) groups is 1. The van der Waals surface area contributed by atoms with E-state index >= 15 is 0 Å². The van der Waals surface area contributed by atoms with E-state index in [-0.39, 0.29) is 11.4 Å². The standard InChI is InChI=1S/C15H22N2O/c1-4-16-13-7-6-11(2)10-12(13)14(18)17-15(3)8-5-9-15/h6-7,10,16H,4-5,8-9H2,1-3H3,(H,17,18). The number of hydrogen-bond acceptors (Lipinski definition) is 2. The van der Waals surface area contributed by atoms with Gasteiger partial charge in [0.05, 0.1) is 5.56 Å². The number of hydrogen-bond donors (Lipinski definition) is 2. The van der Waals surface area contributed by atoms with Gasteiger partial charge in [0.2, 0.25) is 0 Å². The van der Waals surface area contributed by atoms with E-state index in [0.29, 0.717) is 0 Å². The first-order valence-corrected chi connectivity index (χ1v) is 6.71. The zero-order valence-electron chi connectivity index (χ0n) is 11.5. The SMILES string of the molecule is CCNc1ccc(C)cc1C(=O)NC1(C)CCC1. The van der Waals surface area contributed by atoms with Gasteiger partial charge in [-0.2, -0.15) is 0 Å². The Morgan fingerprint density at radius 1 is 1.39 bits per heavy atom. The highest BCUT2D eigenvalue weighted by atomic mass is 16.1. The van der Waals surface area contributed by atoms with Crippen molar-refractivity contribution >= 4 is 11.6 Å². The van der Waals surface area contributed by atoms with Crippen LogP contribution in [0.4, 0.5) is 5.69 Å².